The summed E-state index contributed by atoms with van der Waals surface area (Å²) in [7, 11) is -3.03. The second kappa shape index (κ2) is 7.79. The summed E-state index contributed by atoms with van der Waals surface area (Å²) in [5.41, 5.74) is 3.43. The number of aliphatic imine (C=N–C) groups is 1. The highest BCUT2D eigenvalue weighted by Gasteiger charge is 2.47. The van der Waals surface area contributed by atoms with E-state index in [2.05, 4.69) is 36.9 Å². The minimum Gasteiger partial charge on any atom is -0.493 e. The van der Waals surface area contributed by atoms with Crippen LogP contribution in [0.2, 0.25) is 0 Å². The summed E-state index contributed by atoms with van der Waals surface area (Å²) in [5, 5.41) is 0.893. The average Bonchev–Trinajstić information content (AvgIpc) is 3.13. The van der Waals surface area contributed by atoms with Crippen LogP contribution in [0, 0.1) is 13.8 Å². The van der Waals surface area contributed by atoms with E-state index in [0.717, 1.165) is 22.4 Å². The molecule has 0 saturated carbocycles. The van der Waals surface area contributed by atoms with Crippen molar-refractivity contribution in [3.05, 3.63) is 59.7 Å². The Morgan fingerprint density at radius 1 is 1.11 bits per heavy atom. The number of thioether (sulfide) groups is 1. The van der Waals surface area contributed by atoms with Crippen molar-refractivity contribution in [1.29, 1.82) is 0 Å². The Morgan fingerprint density at radius 3 is 2.64 bits per heavy atom. The molecule has 0 spiro atoms. The predicted molar refractivity (Wildman–Crippen MR) is 116 cm³/mol. The highest BCUT2D eigenvalue weighted by Crippen LogP contribution is 2.35. The van der Waals surface area contributed by atoms with Gasteiger partial charge in [-0.15, -0.1) is 0 Å². The number of benzene rings is 2. The van der Waals surface area contributed by atoms with E-state index in [1.807, 2.05) is 30.3 Å². The molecule has 0 bridgehead atoms. The molecule has 2 aliphatic heterocycles. The molecule has 5 nitrogen and oxygen atoms in total. The van der Waals surface area contributed by atoms with E-state index in [0.29, 0.717) is 6.61 Å². The minimum absolute atomic E-state index is 0.107. The predicted octanol–water partition coefficient (Wildman–Crippen LogP) is 3.46. The Labute approximate surface area is 170 Å². The minimum atomic E-state index is -3.03. The maximum atomic E-state index is 12.1. The first-order valence-electron chi connectivity index (χ1n) is 9.38. The van der Waals surface area contributed by atoms with Crippen molar-refractivity contribution in [2.24, 2.45) is 4.99 Å². The number of para-hydroxylation sites is 1. The average molecular weight is 417 g/mol. The van der Waals surface area contributed by atoms with Gasteiger partial charge in [0, 0.05) is 11.4 Å². The highest BCUT2D eigenvalue weighted by molar-refractivity contribution is 8.14. The summed E-state index contributed by atoms with van der Waals surface area (Å²) in [6.07, 6.45) is 0. The van der Waals surface area contributed by atoms with E-state index in [1.54, 1.807) is 11.8 Å². The van der Waals surface area contributed by atoms with Crippen molar-refractivity contribution < 1.29 is 13.2 Å². The molecule has 148 valence electrons. The summed E-state index contributed by atoms with van der Waals surface area (Å²) in [4.78, 5) is 6.89. The van der Waals surface area contributed by atoms with Crippen LogP contribution in [0.25, 0.3) is 0 Å². The topological polar surface area (TPSA) is 59.0 Å². The third-order valence-corrected chi connectivity index (χ3v) is 7.83. The fraction of sp³-hybridized carbons (Fsp3) is 0.381. The van der Waals surface area contributed by atoms with E-state index >= 15 is 0 Å². The number of hydrogen-bond donors (Lipinski definition) is 0. The second-order valence-corrected chi connectivity index (χ2v) is 10.5. The molecule has 2 heterocycles. The van der Waals surface area contributed by atoms with Crippen molar-refractivity contribution in [2.45, 2.75) is 25.9 Å². The molecule has 2 aromatic carbocycles. The first kappa shape index (κ1) is 19.3. The molecule has 0 amide bonds. The standard InChI is InChI=1S/C21H24N2O3S2/c1-15-8-9-17(12-16(15)2)23-20-14-28(24,25)13-19(20)22-21(23)27-11-10-26-18-6-4-3-5-7-18/h3-9,12,19-20H,10-11,13-14H2,1-2H3/t19-,20+/m1/s1. The smallest absolute Gasteiger partial charge is 0.164 e. The lowest BCUT2D eigenvalue weighted by atomic mass is 10.1. The number of amidine groups is 1. The van der Waals surface area contributed by atoms with Crippen LogP contribution < -0.4 is 9.64 Å². The Kier molecular flexibility index (Phi) is 5.38. The zero-order chi connectivity index (χ0) is 19.7. The molecule has 0 unspecified atom stereocenters. The van der Waals surface area contributed by atoms with Gasteiger partial charge in [0.15, 0.2) is 15.0 Å². The van der Waals surface area contributed by atoms with Gasteiger partial charge in [0.05, 0.1) is 30.2 Å². The van der Waals surface area contributed by atoms with Gasteiger partial charge in [0.2, 0.25) is 0 Å². The maximum absolute atomic E-state index is 12.1. The molecule has 0 radical (unpaired) electrons. The van der Waals surface area contributed by atoms with Crippen LogP contribution in [0.15, 0.2) is 53.5 Å². The van der Waals surface area contributed by atoms with Gasteiger partial charge in [-0.3, -0.25) is 4.99 Å². The molecule has 0 aromatic heterocycles. The number of nitrogens with zero attached hydrogens (tertiary/aromatic N) is 2. The first-order valence-corrected chi connectivity index (χ1v) is 12.2. The number of hydrogen-bond acceptors (Lipinski definition) is 6. The molecule has 28 heavy (non-hydrogen) atoms. The lowest BCUT2D eigenvalue weighted by Crippen LogP contribution is -2.39. The van der Waals surface area contributed by atoms with E-state index in [1.165, 1.54) is 11.1 Å². The monoisotopic (exact) mass is 416 g/mol. The molecular weight excluding hydrogens is 392 g/mol. The third-order valence-electron chi connectivity index (χ3n) is 5.20. The fourth-order valence-electron chi connectivity index (χ4n) is 3.62. The lowest BCUT2D eigenvalue weighted by molar-refractivity contribution is 0.344. The van der Waals surface area contributed by atoms with Crippen LogP contribution >= 0.6 is 11.8 Å². The van der Waals surface area contributed by atoms with Gasteiger partial charge in [-0.2, -0.15) is 0 Å². The Hall–Kier alpha value is -1.99. The second-order valence-electron chi connectivity index (χ2n) is 7.27. The van der Waals surface area contributed by atoms with Crippen LogP contribution in [0.4, 0.5) is 5.69 Å². The van der Waals surface area contributed by atoms with E-state index in [9.17, 15) is 8.42 Å². The molecule has 2 aromatic rings. The fourth-order valence-corrected chi connectivity index (χ4v) is 6.40. The molecule has 7 heteroatoms. The summed E-state index contributed by atoms with van der Waals surface area (Å²) < 4.78 is 30.1. The Balaban J connectivity index is 1.49. The SMILES string of the molecule is Cc1ccc(N2C(SCCOc3ccccc3)=N[C@@H]3CS(=O)(=O)C[C@@H]32)cc1C. The van der Waals surface area contributed by atoms with Gasteiger partial charge in [0.25, 0.3) is 0 Å². The number of ether oxygens (including phenoxy) is 1. The van der Waals surface area contributed by atoms with Crippen LogP contribution in [0.3, 0.4) is 0 Å². The molecule has 0 aliphatic carbocycles. The largest absolute Gasteiger partial charge is 0.493 e. The van der Waals surface area contributed by atoms with Crippen molar-refractivity contribution >= 4 is 32.5 Å². The van der Waals surface area contributed by atoms with Crippen LogP contribution in [0.1, 0.15) is 11.1 Å². The quantitative estimate of drug-likeness (QED) is 0.699. The zero-order valence-electron chi connectivity index (χ0n) is 16.0. The maximum Gasteiger partial charge on any atom is 0.164 e. The summed E-state index contributed by atoms with van der Waals surface area (Å²) in [5.74, 6) is 1.91. The highest BCUT2D eigenvalue weighted by atomic mass is 32.2. The number of aryl methyl sites for hydroxylation is 2. The molecule has 4 rings (SSSR count). The number of rotatable bonds is 5. The van der Waals surface area contributed by atoms with Gasteiger partial charge in [0.1, 0.15) is 5.75 Å². The molecule has 0 N–H and O–H groups in total. The van der Waals surface area contributed by atoms with Crippen LogP contribution in [-0.4, -0.2) is 49.5 Å². The lowest BCUT2D eigenvalue weighted by Gasteiger charge is -2.27. The van der Waals surface area contributed by atoms with E-state index < -0.39 is 9.84 Å². The van der Waals surface area contributed by atoms with Crippen LogP contribution in [0.5, 0.6) is 5.75 Å². The molecule has 2 aliphatic rings. The van der Waals surface area contributed by atoms with E-state index in [-0.39, 0.29) is 23.6 Å². The van der Waals surface area contributed by atoms with Crippen molar-refractivity contribution in [2.75, 3.05) is 28.8 Å². The summed E-state index contributed by atoms with van der Waals surface area (Å²) in [6.45, 7) is 4.73. The number of anilines is 1. The molecule has 1 fully saturated rings. The van der Waals surface area contributed by atoms with Gasteiger partial charge in [-0.25, -0.2) is 8.42 Å². The number of sulfone groups is 1. The van der Waals surface area contributed by atoms with Crippen molar-refractivity contribution in [3.63, 3.8) is 0 Å². The van der Waals surface area contributed by atoms with Crippen molar-refractivity contribution in [3.8, 4) is 5.75 Å². The van der Waals surface area contributed by atoms with E-state index in [4.69, 9.17) is 9.73 Å². The first-order chi connectivity index (χ1) is 13.4. The Bertz CT molecular complexity index is 990. The normalized spacial score (nSPS) is 22.8. The number of fused-ring (bicyclic) bond motifs is 1. The molecule has 1 saturated heterocycles. The van der Waals surface area contributed by atoms with Gasteiger partial charge < -0.3 is 9.64 Å². The van der Waals surface area contributed by atoms with Crippen LogP contribution in [-0.2, 0) is 9.84 Å². The summed E-state index contributed by atoms with van der Waals surface area (Å²) >= 11 is 1.63. The van der Waals surface area contributed by atoms with Crippen molar-refractivity contribution in [1.82, 2.24) is 0 Å². The van der Waals surface area contributed by atoms with Gasteiger partial charge in [-0.05, 0) is 49.2 Å². The summed E-state index contributed by atoms with van der Waals surface area (Å²) in [6, 6.07) is 15.7. The molecular formula is C21H24N2O3S2. The van der Waals surface area contributed by atoms with Gasteiger partial charge >= 0.3 is 0 Å². The zero-order valence-corrected chi connectivity index (χ0v) is 17.7. The third kappa shape index (κ3) is 4.05. The Morgan fingerprint density at radius 2 is 1.89 bits per heavy atom. The van der Waals surface area contributed by atoms with Gasteiger partial charge in [-0.1, -0.05) is 36.0 Å². The molecule has 2 atom stereocenters.